The Hall–Kier alpha value is -1.75. The average molecular weight is 166 g/mol. The van der Waals surface area contributed by atoms with E-state index in [1.807, 2.05) is 0 Å². The number of nitrogens with two attached hydrogens (primary N) is 1. The van der Waals surface area contributed by atoms with Crippen LogP contribution in [0.3, 0.4) is 0 Å². The van der Waals surface area contributed by atoms with Crippen molar-refractivity contribution in [2.45, 2.75) is 0 Å². The smallest absolute Gasteiger partial charge is 0.411 e. The third-order valence-electron chi connectivity index (χ3n) is 1.53. The number of rotatable bonds is 1. The van der Waals surface area contributed by atoms with Crippen molar-refractivity contribution in [1.82, 2.24) is 4.98 Å². The normalized spacial score (nSPS) is 10.4. The van der Waals surface area contributed by atoms with E-state index in [0.717, 1.165) is 0 Å². The minimum Gasteiger partial charge on any atom is -0.411 e. The number of hydrogen-bond acceptors (Lipinski definition) is 4. The molecule has 0 radical (unpaired) electrons. The first-order chi connectivity index (χ1) is 5.79. The fraction of sp³-hybridized carbons (Fsp3) is 0. The molecule has 0 aliphatic carbocycles. The molecule has 0 atom stereocenters. The predicted molar refractivity (Wildman–Crippen MR) is 41.7 cm³/mol. The molecule has 0 saturated carbocycles. The minimum atomic E-state index is -0.487. The summed E-state index contributed by atoms with van der Waals surface area (Å²) in [7, 11) is 0. The van der Waals surface area contributed by atoms with Crippen LogP contribution in [-0.4, -0.2) is 4.98 Å². The third-order valence-corrected chi connectivity index (χ3v) is 1.53. The lowest BCUT2D eigenvalue weighted by molar-refractivity contribution is 0.334. The van der Waals surface area contributed by atoms with E-state index in [-0.39, 0.29) is 0 Å². The molecule has 1 aromatic carbocycles. The Balaban J connectivity index is 2.74. The first kappa shape index (κ1) is 6.93. The number of aromatic amines is 1. The van der Waals surface area contributed by atoms with Gasteiger partial charge < -0.3 is 9.25 Å². The number of oxazole rings is 1. The molecule has 62 valence electrons. The first-order valence-corrected chi connectivity index (χ1v) is 3.29. The second-order valence-electron chi connectivity index (χ2n) is 2.29. The zero-order valence-corrected chi connectivity index (χ0v) is 6.03. The standard InChI is InChI=1S/C7H6N2O3/c8-12-4-1-2-5-6(3-4)11-7(10)9-5/h1-3H,8H2,(H,9,10). The summed E-state index contributed by atoms with van der Waals surface area (Å²) in [5.74, 6) is 4.88. The highest BCUT2D eigenvalue weighted by Crippen LogP contribution is 2.16. The van der Waals surface area contributed by atoms with Crippen molar-refractivity contribution in [2.75, 3.05) is 0 Å². The van der Waals surface area contributed by atoms with Crippen LogP contribution in [0, 0.1) is 0 Å². The van der Waals surface area contributed by atoms with Gasteiger partial charge in [0.15, 0.2) is 11.3 Å². The van der Waals surface area contributed by atoms with Crippen LogP contribution in [0.15, 0.2) is 27.4 Å². The largest absolute Gasteiger partial charge is 0.417 e. The lowest BCUT2D eigenvalue weighted by atomic mass is 10.3. The monoisotopic (exact) mass is 166 g/mol. The van der Waals surface area contributed by atoms with Crippen LogP contribution in [-0.2, 0) is 0 Å². The molecule has 5 heteroatoms. The Morgan fingerprint density at radius 1 is 1.50 bits per heavy atom. The molecule has 0 unspecified atom stereocenters. The van der Waals surface area contributed by atoms with Gasteiger partial charge in [0.25, 0.3) is 0 Å². The first-order valence-electron chi connectivity index (χ1n) is 3.29. The van der Waals surface area contributed by atoms with Crippen LogP contribution in [0.2, 0.25) is 0 Å². The van der Waals surface area contributed by atoms with Gasteiger partial charge in [-0.2, -0.15) is 5.90 Å². The number of hydrogen-bond donors (Lipinski definition) is 2. The molecule has 1 heterocycles. The van der Waals surface area contributed by atoms with Crippen molar-refractivity contribution in [3.8, 4) is 5.75 Å². The Morgan fingerprint density at radius 3 is 3.08 bits per heavy atom. The Morgan fingerprint density at radius 2 is 2.33 bits per heavy atom. The molecule has 0 saturated heterocycles. The van der Waals surface area contributed by atoms with Crippen molar-refractivity contribution in [3.63, 3.8) is 0 Å². The SMILES string of the molecule is NOc1ccc2[nH]c(=O)oc2c1. The summed E-state index contributed by atoms with van der Waals surface area (Å²) < 4.78 is 4.76. The summed E-state index contributed by atoms with van der Waals surface area (Å²) in [4.78, 5) is 17.6. The van der Waals surface area contributed by atoms with Crippen LogP contribution < -0.4 is 16.5 Å². The Bertz CT molecular complexity index is 457. The maximum Gasteiger partial charge on any atom is 0.417 e. The van der Waals surface area contributed by atoms with Gasteiger partial charge in [-0.05, 0) is 12.1 Å². The molecule has 0 spiro atoms. The summed E-state index contributed by atoms with van der Waals surface area (Å²) in [6.07, 6.45) is 0. The van der Waals surface area contributed by atoms with E-state index in [9.17, 15) is 4.79 Å². The summed E-state index contributed by atoms with van der Waals surface area (Å²) >= 11 is 0. The second-order valence-corrected chi connectivity index (χ2v) is 2.29. The van der Waals surface area contributed by atoms with Gasteiger partial charge in [0.05, 0.1) is 5.52 Å². The van der Waals surface area contributed by atoms with Crippen LogP contribution in [0.25, 0.3) is 11.1 Å². The van der Waals surface area contributed by atoms with Gasteiger partial charge >= 0.3 is 5.76 Å². The third kappa shape index (κ3) is 0.960. The number of H-pyrrole nitrogens is 1. The molecule has 5 nitrogen and oxygen atoms in total. The zero-order valence-electron chi connectivity index (χ0n) is 6.03. The second kappa shape index (κ2) is 2.38. The lowest BCUT2D eigenvalue weighted by Gasteiger charge is -1.94. The van der Waals surface area contributed by atoms with E-state index in [0.29, 0.717) is 16.8 Å². The van der Waals surface area contributed by atoms with Gasteiger partial charge in [0.1, 0.15) is 0 Å². The molecule has 2 aromatic rings. The summed E-state index contributed by atoms with van der Waals surface area (Å²) in [6, 6.07) is 4.82. The molecule has 0 amide bonds. The van der Waals surface area contributed by atoms with Crippen molar-refractivity contribution in [2.24, 2.45) is 5.90 Å². The number of aromatic nitrogens is 1. The van der Waals surface area contributed by atoms with Gasteiger partial charge in [0.2, 0.25) is 0 Å². The molecular weight excluding hydrogens is 160 g/mol. The van der Waals surface area contributed by atoms with Gasteiger partial charge in [-0.25, -0.2) is 4.79 Å². The fourth-order valence-electron chi connectivity index (χ4n) is 0.999. The van der Waals surface area contributed by atoms with Crippen LogP contribution in [0.4, 0.5) is 0 Å². The number of benzene rings is 1. The van der Waals surface area contributed by atoms with Crippen molar-refractivity contribution in [3.05, 3.63) is 28.7 Å². The maximum absolute atomic E-state index is 10.7. The van der Waals surface area contributed by atoms with E-state index in [4.69, 9.17) is 10.3 Å². The fourth-order valence-corrected chi connectivity index (χ4v) is 0.999. The molecule has 12 heavy (non-hydrogen) atoms. The van der Waals surface area contributed by atoms with Crippen LogP contribution in [0.1, 0.15) is 0 Å². The Kier molecular flexibility index (Phi) is 1.38. The van der Waals surface area contributed by atoms with E-state index in [2.05, 4.69) is 9.82 Å². The van der Waals surface area contributed by atoms with Gasteiger partial charge in [-0.1, -0.05) is 0 Å². The summed E-state index contributed by atoms with van der Waals surface area (Å²) in [5, 5.41) is 0. The average Bonchev–Trinajstić information content (AvgIpc) is 2.43. The molecule has 1 aromatic heterocycles. The number of nitrogens with one attached hydrogen (secondary N) is 1. The molecule has 0 fully saturated rings. The summed E-state index contributed by atoms with van der Waals surface area (Å²) in [5.41, 5.74) is 1.06. The van der Waals surface area contributed by atoms with Crippen molar-refractivity contribution >= 4 is 11.1 Å². The number of fused-ring (bicyclic) bond motifs is 1. The van der Waals surface area contributed by atoms with E-state index >= 15 is 0 Å². The molecule has 0 aliphatic heterocycles. The molecule has 3 N–H and O–H groups in total. The molecule has 2 rings (SSSR count). The lowest BCUT2D eigenvalue weighted by Crippen LogP contribution is -2.00. The zero-order chi connectivity index (χ0) is 8.55. The van der Waals surface area contributed by atoms with Crippen LogP contribution >= 0.6 is 0 Å². The molecular formula is C7H6N2O3. The van der Waals surface area contributed by atoms with E-state index in [1.165, 1.54) is 6.07 Å². The quantitative estimate of drug-likeness (QED) is 0.600. The maximum atomic E-state index is 10.7. The van der Waals surface area contributed by atoms with Gasteiger partial charge in [-0.3, -0.25) is 4.98 Å². The van der Waals surface area contributed by atoms with Crippen molar-refractivity contribution in [1.29, 1.82) is 0 Å². The van der Waals surface area contributed by atoms with E-state index < -0.39 is 5.76 Å². The highest BCUT2D eigenvalue weighted by molar-refractivity contribution is 5.73. The van der Waals surface area contributed by atoms with Crippen molar-refractivity contribution < 1.29 is 9.25 Å². The Labute approximate surface area is 66.7 Å². The highest BCUT2D eigenvalue weighted by atomic mass is 16.6. The molecule has 0 bridgehead atoms. The van der Waals surface area contributed by atoms with Gasteiger partial charge in [0, 0.05) is 6.07 Å². The summed E-state index contributed by atoms with van der Waals surface area (Å²) in [6.45, 7) is 0. The van der Waals surface area contributed by atoms with Crippen LogP contribution in [0.5, 0.6) is 5.75 Å². The predicted octanol–water partition coefficient (Wildman–Crippen LogP) is 0.374. The van der Waals surface area contributed by atoms with Gasteiger partial charge in [-0.15, -0.1) is 0 Å². The topological polar surface area (TPSA) is 81.2 Å². The molecule has 0 aliphatic rings. The minimum absolute atomic E-state index is 0.433. The highest BCUT2D eigenvalue weighted by Gasteiger charge is 2.01. The van der Waals surface area contributed by atoms with E-state index in [1.54, 1.807) is 12.1 Å².